The fraction of sp³-hybridized carbons (Fsp3) is 0.250. The van der Waals surface area contributed by atoms with E-state index in [4.69, 9.17) is 4.42 Å². The zero-order valence-electron chi connectivity index (χ0n) is 6.38. The first-order valence-corrected chi connectivity index (χ1v) is 3.21. The van der Waals surface area contributed by atoms with Crippen LogP contribution in [-0.2, 0) is 4.79 Å². The maximum Gasteiger partial charge on any atom is 0.228 e. The minimum absolute atomic E-state index is 0.289. The number of rotatable bonds is 2. The van der Waals surface area contributed by atoms with Gasteiger partial charge >= 0.3 is 0 Å². The van der Waals surface area contributed by atoms with E-state index in [1.807, 2.05) is 0 Å². The van der Waals surface area contributed by atoms with Gasteiger partial charge in [-0.15, -0.1) is 0 Å². The van der Waals surface area contributed by atoms with Crippen LogP contribution in [-0.4, -0.2) is 12.1 Å². The third-order valence-corrected chi connectivity index (χ3v) is 1.41. The highest BCUT2D eigenvalue weighted by molar-refractivity contribution is 6.33. The first-order chi connectivity index (χ1) is 5.15. The quantitative estimate of drug-likeness (QED) is 0.364. The molecule has 0 radical (unpaired) electrons. The van der Waals surface area contributed by atoms with Crippen molar-refractivity contribution in [1.29, 1.82) is 0 Å². The Morgan fingerprint density at radius 2 is 2.18 bits per heavy atom. The van der Waals surface area contributed by atoms with Crippen LogP contribution in [0.1, 0.15) is 21.9 Å². The number of Topliss-reactive ketones (excluding diaryl/α,β-unsaturated/α-hetero) is 1. The number of aldehydes is 1. The predicted octanol–water partition coefficient (Wildman–Crippen LogP) is 1.28. The molecule has 0 fully saturated rings. The molecule has 0 aliphatic rings. The molecule has 1 heterocycles. The van der Waals surface area contributed by atoms with E-state index in [1.54, 1.807) is 19.9 Å². The summed E-state index contributed by atoms with van der Waals surface area (Å²) in [6.45, 7) is 3.39. The lowest BCUT2D eigenvalue weighted by Crippen LogP contribution is -1.99. The average Bonchev–Trinajstić information content (AvgIpc) is 2.28. The zero-order chi connectivity index (χ0) is 8.43. The summed E-state index contributed by atoms with van der Waals surface area (Å²) in [4.78, 5) is 20.9. The second kappa shape index (κ2) is 2.70. The van der Waals surface area contributed by atoms with Crippen LogP contribution in [0.15, 0.2) is 10.5 Å². The van der Waals surface area contributed by atoms with Crippen molar-refractivity contribution in [2.24, 2.45) is 0 Å². The molecule has 3 heteroatoms. The number of hydrogen-bond donors (Lipinski definition) is 0. The molecule has 0 aliphatic carbocycles. The summed E-state index contributed by atoms with van der Waals surface area (Å²) in [5.41, 5.74) is 0.359. The summed E-state index contributed by atoms with van der Waals surface area (Å²) in [5, 5.41) is 0. The minimum Gasteiger partial charge on any atom is -0.466 e. The third kappa shape index (κ3) is 1.37. The number of ketones is 1. The maximum atomic E-state index is 10.8. The van der Waals surface area contributed by atoms with Crippen LogP contribution in [0.3, 0.4) is 0 Å². The smallest absolute Gasteiger partial charge is 0.228 e. The van der Waals surface area contributed by atoms with E-state index >= 15 is 0 Å². The first kappa shape index (κ1) is 7.72. The van der Waals surface area contributed by atoms with Gasteiger partial charge in [0.15, 0.2) is 6.29 Å². The molecule has 1 rings (SSSR count). The molecule has 0 bridgehead atoms. The van der Waals surface area contributed by atoms with Gasteiger partial charge in [-0.25, -0.2) is 0 Å². The molecule has 0 spiro atoms. The normalized spacial score (nSPS) is 9.64. The Bertz CT molecular complexity index is 296. The highest BCUT2D eigenvalue weighted by Crippen LogP contribution is 2.12. The molecule has 0 saturated carbocycles. The monoisotopic (exact) mass is 152 g/mol. The number of furan rings is 1. The van der Waals surface area contributed by atoms with Gasteiger partial charge < -0.3 is 4.42 Å². The molecule has 0 aliphatic heterocycles. The van der Waals surface area contributed by atoms with Crippen molar-refractivity contribution >= 4 is 12.1 Å². The highest BCUT2D eigenvalue weighted by atomic mass is 16.3. The Hall–Kier alpha value is -1.38. The van der Waals surface area contributed by atoms with Gasteiger partial charge in [-0.1, -0.05) is 0 Å². The summed E-state index contributed by atoms with van der Waals surface area (Å²) in [6.07, 6.45) is 0.289. The van der Waals surface area contributed by atoms with Crippen molar-refractivity contribution in [3.63, 3.8) is 0 Å². The van der Waals surface area contributed by atoms with Crippen LogP contribution in [0, 0.1) is 13.8 Å². The molecular weight excluding hydrogens is 144 g/mol. The second-order valence-corrected chi connectivity index (χ2v) is 2.31. The second-order valence-electron chi connectivity index (χ2n) is 2.31. The van der Waals surface area contributed by atoms with Crippen molar-refractivity contribution in [2.45, 2.75) is 13.8 Å². The van der Waals surface area contributed by atoms with Gasteiger partial charge in [-0.05, 0) is 19.9 Å². The van der Waals surface area contributed by atoms with Gasteiger partial charge in [0, 0.05) is 0 Å². The van der Waals surface area contributed by atoms with E-state index in [1.165, 1.54) is 0 Å². The van der Waals surface area contributed by atoms with E-state index in [2.05, 4.69) is 0 Å². The Labute approximate surface area is 64.0 Å². The lowest BCUT2D eigenvalue weighted by Gasteiger charge is -1.85. The van der Waals surface area contributed by atoms with Crippen LogP contribution < -0.4 is 0 Å². The molecular formula is C8H8O3. The largest absolute Gasteiger partial charge is 0.466 e. The molecule has 1 aromatic heterocycles. The average molecular weight is 152 g/mol. The predicted molar refractivity (Wildman–Crippen MR) is 38.6 cm³/mol. The van der Waals surface area contributed by atoms with Crippen LogP contribution in [0.4, 0.5) is 0 Å². The molecule has 1 aromatic rings. The van der Waals surface area contributed by atoms with Crippen molar-refractivity contribution in [2.75, 3.05) is 0 Å². The number of aryl methyl sites for hydroxylation is 2. The van der Waals surface area contributed by atoms with Gasteiger partial charge in [0.25, 0.3) is 0 Å². The summed E-state index contributed by atoms with van der Waals surface area (Å²) in [6, 6.07) is 1.56. The van der Waals surface area contributed by atoms with Gasteiger partial charge in [-0.3, -0.25) is 9.59 Å². The van der Waals surface area contributed by atoms with E-state index < -0.39 is 5.78 Å². The van der Waals surface area contributed by atoms with Crippen molar-refractivity contribution in [3.05, 3.63) is 23.2 Å². The van der Waals surface area contributed by atoms with E-state index in [0.717, 1.165) is 0 Å². The summed E-state index contributed by atoms with van der Waals surface area (Å²) in [5.74, 6) is 0.617. The standard InChI is InChI=1S/C8H8O3/c1-5-3-7(6(2)11-5)8(10)4-9/h3-4H,1-2H3. The van der Waals surface area contributed by atoms with Crippen molar-refractivity contribution in [3.8, 4) is 0 Å². The maximum absolute atomic E-state index is 10.8. The van der Waals surface area contributed by atoms with E-state index in [-0.39, 0.29) is 6.29 Å². The Morgan fingerprint density at radius 1 is 1.55 bits per heavy atom. The lowest BCUT2D eigenvalue weighted by atomic mass is 10.2. The Kier molecular flexibility index (Phi) is 1.89. The molecule has 58 valence electrons. The molecule has 0 saturated heterocycles. The molecule has 0 unspecified atom stereocenters. The fourth-order valence-corrected chi connectivity index (χ4v) is 0.939. The molecule has 11 heavy (non-hydrogen) atoms. The van der Waals surface area contributed by atoms with Crippen LogP contribution in [0.25, 0.3) is 0 Å². The van der Waals surface area contributed by atoms with Crippen LogP contribution >= 0.6 is 0 Å². The Balaban J connectivity index is 3.12. The number of carbonyl (C=O) groups is 2. The van der Waals surface area contributed by atoms with Crippen molar-refractivity contribution < 1.29 is 14.0 Å². The van der Waals surface area contributed by atoms with Crippen LogP contribution in [0.2, 0.25) is 0 Å². The topological polar surface area (TPSA) is 47.3 Å². The summed E-state index contributed by atoms with van der Waals surface area (Å²) in [7, 11) is 0. The third-order valence-electron chi connectivity index (χ3n) is 1.41. The first-order valence-electron chi connectivity index (χ1n) is 3.21. The molecule has 0 N–H and O–H groups in total. The van der Waals surface area contributed by atoms with Gasteiger partial charge in [0.05, 0.1) is 5.56 Å². The lowest BCUT2D eigenvalue weighted by molar-refractivity contribution is -0.104. The molecule has 3 nitrogen and oxygen atoms in total. The van der Waals surface area contributed by atoms with Gasteiger partial charge in [0.2, 0.25) is 5.78 Å². The molecule has 0 atom stereocenters. The SMILES string of the molecule is Cc1cc(C(=O)C=O)c(C)o1. The fourth-order valence-electron chi connectivity index (χ4n) is 0.939. The van der Waals surface area contributed by atoms with Gasteiger partial charge in [0.1, 0.15) is 11.5 Å². The van der Waals surface area contributed by atoms with Crippen LogP contribution in [0.5, 0.6) is 0 Å². The summed E-state index contributed by atoms with van der Waals surface area (Å²) >= 11 is 0. The zero-order valence-corrected chi connectivity index (χ0v) is 6.38. The number of carbonyl (C=O) groups excluding carboxylic acids is 2. The van der Waals surface area contributed by atoms with E-state index in [0.29, 0.717) is 17.1 Å². The Morgan fingerprint density at radius 3 is 2.55 bits per heavy atom. The molecule has 0 amide bonds. The number of hydrogen-bond acceptors (Lipinski definition) is 3. The summed E-state index contributed by atoms with van der Waals surface area (Å²) < 4.78 is 5.06. The van der Waals surface area contributed by atoms with Crippen molar-refractivity contribution in [1.82, 2.24) is 0 Å². The van der Waals surface area contributed by atoms with Gasteiger partial charge in [-0.2, -0.15) is 0 Å². The van der Waals surface area contributed by atoms with E-state index in [9.17, 15) is 9.59 Å². The molecule has 0 aromatic carbocycles. The minimum atomic E-state index is -0.528. The highest BCUT2D eigenvalue weighted by Gasteiger charge is 2.11.